The molecule has 8 heteroatoms. The molecular formula is C13H12F3N3O2. The van der Waals surface area contributed by atoms with Crippen LogP contribution in [0.2, 0.25) is 0 Å². The molecule has 0 aliphatic heterocycles. The van der Waals surface area contributed by atoms with Gasteiger partial charge in [0.05, 0.1) is 13.0 Å². The first-order valence-electron chi connectivity index (χ1n) is 6.07. The minimum atomic E-state index is -4.68. The lowest BCUT2D eigenvalue weighted by Crippen LogP contribution is -2.25. The Balaban J connectivity index is 1.90. The van der Waals surface area contributed by atoms with Crippen molar-refractivity contribution in [3.63, 3.8) is 0 Å². The maximum atomic E-state index is 12.2. The molecule has 0 saturated heterocycles. The predicted octanol–water partition coefficient (Wildman–Crippen LogP) is 2.26. The van der Waals surface area contributed by atoms with E-state index in [0.717, 1.165) is 11.1 Å². The number of aromatic nitrogens is 2. The largest absolute Gasteiger partial charge is 0.471 e. The van der Waals surface area contributed by atoms with Crippen LogP contribution in [-0.2, 0) is 23.9 Å². The summed E-state index contributed by atoms with van der Waals surface area (Å²) in [5, 5.41) is 5.61. The van der Waals surface area contributed by atoms with Crippen LogP contribution in [0.4, 0.5) is 13.2 Å². The number of rotatable bonds is 4. The molecule has 0 aliphatic carbocycles. The Hall–Kier alpha value is -2.38. The zero-order chi connectivity index (χ0) is 15.5. The number of halogens is 3. The summed E-state index contributed by atoms with van der Waals surface area (Å²) in [6, 6.07) is 7.35. The summed E-state index contributed by atoms with van der Waals surface area (Å²) in [5.74, 6) is -1.98. The number of carbonyl (C=O) groups is 1. The Kier molecular flexibility index (Phi) is 4.25. The summed E-state index contributed by atoms with van der Waals surface area (Å²) in [7, 11) is 0. The van der Waals surface area contributed by atoms with Crippen LogP contribution in [0, 0.1) is 6.92 Å². The smallest absolute Gasteiger partial charge is 0.348 e. The lowest BCUT2D eigenvalue weighted by Gasteiger charge is -2.05. The van der Waals surface area contributed by atoms with E-state index < -0.39 is 12.1 Å². The SMILES string of the molecule is Cc1ccccc1CC(=O)NCc1noc(C(F)(F)F)n1. The lowest BCUT2D eigenvalue weighted by molar-refractivity contribution is -0.159. The molecule has 1 aromatic heterocycles. The number of alkyl halides is 3. The van der Waals surface area contributed by atoms with Gasteiger partial charge in [-0.15, -0.1) is 0 Å². The minimum Gasteiger partial charge on any atom is -0.348 e. The van der Waals surface area contributed by atoms with E-state index in [1.165, 1.54) is 0 Å². The fraction of sp³-hybridized carbons (Fsp3) is 0.308. The molecule has 0 bridgehead atoms. The fourth-order valence-corrected chi connectivity index (χ4v) is 1.66. The second kappa shape index (κ2) is 5.94. The zero-order valence-corrected chi connectivity index (χ0v) is 11.1. The van der Waals surface area contributed by atoms with E-state index in [9.17, 15) is 18.0 Å². The van der Waals surface area contributed by atoms with E-state index >= 15 is 0 Å². The molecule has 2 rings (SSSR count). The standard InChI is InChI=1S/C13H12F3N3O2/c1-8-4-2-3-5-9(8)6-11(20)17-7-10-18-12(21-19-10)13(14,15)16/h2-5H,6-7H2,1H3,(H,17,20). The maximum absolute atomic E-state index is 12.2. The molecular weight excluding hydrogens is 287 g/mol. The third kappa shape index (κ3) is 4.04. The average Bonchev–Trinajstić information content (AvgIpc) is 2.88. The number of carbonyl (C=O) groups excluding carboxylic acids is 1. The van der Waals surface area contributed by atoms with E-state index in [1.807, 2.05) is 31.2 Å². The van der Waals surface area contributed by atoms with E-state index in [-0.39, 0.29) is 24.7 Å². The van der Waals surface area contributed by atoms with Crippen molar-refractivity contribution in [1.29, 1.82) is 0 Å². The first-order valence-corrected chi connectivity index (χ1v) is 6.07. The van der Waals surface area contributed by atoms with Gasteiger partial charge in [-0.1, -0.05) is 29.4 Å². The van der Waals surface area contributed by atoms with Gasteiger partial charge in [-0.25, -0.2) is 0 Å². The summed E-state index contributed by atoms with van der Waals surface area (Å²) in [6.45, 7) is 1.65. The highest BCUT2D eigenvalue weighted by Crippen LogP contribution is 2.27. The Bertz CT molecular complexity index is 638. The molecule has 112 valence electrons. The Labute approximate surface area is 118 Å². The van der Waals surface area contributed by atoms with Gasteiger partial charge in [-0.2, -0.15) is 18.2 Å². The van der Waals surface area contributed by atoms with Crippen molar-refractivity contribution in [1.82, 2.24) is 15.5 Å². The Morgan fingerprint density at radius 3 is 2.67 bits per heavy atom. The molecule has 0 fully saturated rings. The van der Waals surface area contributed by atoms with E-state index in [4.69, 9.17) is 0 Å². The quantitative estimate of drug-likeness (QED) is 0.940. The Morgan fingerprint density at radius 1 is 1.33 bits per heavy atom. The van der Waals surface area contributed by atoms with Gasteiger partial charge in [0.25, 0.3) is 0 Å². The van der Waals surface area contributed by atoms with Crippen LogP contribution >= 0.6 is 0 Å². The summed E-state index contributed by atoms with van der Waals surface area (Å²) in [4.78, 5) is 14.9. The van der Waals surface area contributed by atoms with Crippen LogP contribution in [0.1, 0.15) is 22.8 Å². The molecule has 1 heterocycles. The van der Waals surface area contributed by atoms with Crippen molar-refractivity contribution >= 4 is 5.91 Å². The summed E-state index contributed by atoms with van der Waals surface area (Å²) < 4.78 is 40.8. The zero-order valence-electron chi connectivity index (χ0n) is 11.1. The number of aryl methyl sites for hydroxylation is 1. The molecule has 2 aromatic rings. The van der Waals surface area contributed by atoms with E-state index in [2.05, 4.69) is 20.0 Å². The molecule has 0 atom stereocenters. The average molecular weight is 299 g/mol. The van der Waals surface area contributed by atoms with Gasteiger partial charge in [0.15, 0.2) is 5.82 Å². The molecule has 0 unspecified atom stereocenters. The van der Waals surface area contributed by atoms with Gasteiger partial charge in [0.1, 0.15) is 0 Å². The Morgan fingerprint density at radius 2 is 2.05 bits per heavy atom. The minimum absolute atomic E-state index is 0.136. The van der Waals surface area contributed by atoms with Gasteiger partial charge < -0.3 is 9.84 Å². The van der Waals surface area contributed by atoms with Crippen LogP contribution in [0.3, 0.4) is 0 Å². The highest BCUT2D eigenvalue weighted by atomic mass is 19.4. The van der Waals surface area contributed by atoms with Crippen molar-refractivity contribution in [3.05, 3.63) is 47.1 Å². The van der Waals surface area contributed by atoms with Gasteiger partial charge in [0.2, 0.25) is 5.91 Å². The van der Waals surface area contributed by atoms with Gasteiger partial charge >= 0.3 is 12.1 Å². The second-order valence-corrected chi connectivity index (χ2v) is 4.39. The highest BCUT2D eigenvalue weighted by Gasteiger charge is 2.38. The molecule has 0 spiro atoms. The van der Waals surface area contributed by atoms with Gasteiger partial charge in [-0.3, -0.25) is 4.79 Å². The lowest BCUT2D eigenvalue weighted by atomic mass is 10.1. The van der Waals surface area contributed by atoms with Crippen LogP contribution in [0.25, 0.3) is 0 Å². The second-order valence-electron chi connectivity index (χ2n) is 4.39. The number of amides is 1. The first kappa shape index (κ1) is 15.0. The molecule has 0 saturated carbocycles. The number of hydrogen-bond acceptors (Lipinski definition) is 4. The van der Waals surface area contributed by atoms with E-state index in [1.54, 1.807) is 0 Å². The molecule has 0 aliphatic rings. The fourth-order valence-electron chi connectivity index (χ4n) is 1.66. The number of nitrogens with zero attached hydrogens (tertiary/aromatic N) is 2. The normalized spacial score (nSPS) is 11.4. The molecule has 1 N–H and O–H groups in total. The first-order chi connectivity index (χ1) is 9.86. The topological polar surface area (TPSA) is 68.0 Å². The predicted molar refractivity (Wildman–Crippen MR) is 66.0 cm³/mol. The third-order valence-corrected chi connectivity index (χ3v) is 2.77. The summed E-state index contributed by atoms with van der Waals surface area (Å²) in [6.07, 6.45) is -4.55. The van der Waals surface area contributed by atoms with E-state index in [0.29, 0.717) is 0 Å². The number of benzene rings is 1. The van der Waals surface area contributed by atoms with Gasteiger partial charge in [-0.05, 0) is 18.1 Å². The number of hydrogen-bond donors (Lipinski definition) is 1. The monoisotopic (exact) mass is 299 g/mol. The summed E-state index contributed by atoms with van der Waals surface area (Å²) >= 11 is 0. The van der Waals surface area contributed by atoms with Crippen LogP contribution in [0.15, 0.2) is 28.8 Å². The van der Waals surface area contributed by atoms with Crippen LogP contribution < -0.4 is 5.32 Å². The van der Waals surface area contributed by atoms with Crippen LogP contribution in [0.5, 0.6) is 0 Å². The van der Waals surface area contributed by atoms with Crippen LogP contribution in [-0.4, -0.2) is 16.0 Å². The van der Waals surface area contributed by atoms with Crippen molar-refractivity contribution in [3.8, 4) is 0 Å². The van der Waals surface area contributed by atoms with Crippen molar-refractivity contribution in [2.24, 2.45) is 0 Å². The number of nitrogens with one attached hydrogen (secondary N) is 1. The molecule has 0 radical (unpaired) electrons. The van der Waals surface area contributed by atoms with Crippen molar-refractivity contribution in [2.75, 3.05) is 0 Å². The molecule has 21 heavy (non-hydrogen) atoms. The third-order valence-electron chi connectivity index (χ3n) is 2.77. The molecule has 1 amide bonds. The maximum Gasteiger partial charge on any atom is 0.471 e. The summed E-state index contributed by atoms with van der Waals surface area (Å²) in [5.41, 5.74) is 1.81. The molecule has 1 aromatic carbocycles. The highest BCUT2D eigenvalue weighted by molar-refractivity contribution is 5.78. The van der Waals surface area contributed by atoms with Crippen molar-refractivity contribution < 1.29 is 22.5 Å². The molecule has 5 nitrogen and oxygen atoms in total. The van der Waals surface area contributed by atoms with Crippen molar-refractivity contribution in [2.45, 2.75) is 26.1 Å². The van der Waals surface area contributed by atoms with Gasteiger partial charge in [0, 0.05) is 0 Å².